The molecule has 1 rings (SSSR count). The molecule has 0 heterocycles. The second-order valence-electron chi connectivity index (χ2n) is 3.30. The first-order valence-corrected chi connectivity index (χ1v) is 7.74. The Hall–Kier alpha value is -0.880. The largest absolute Gasteiger partial charge is 0.228 e. The van der Waals surface area contributed by atoms with Gasteiger partial charge in [0, 0.05) is 6.26 Å². The van der Waals surface area contributed by atoms with Gasteiger partial charge in [0.1, 0.15) is 0 Å². The summed E-state index contributed by atoms with van der Waals surface area (Å²) in [5.74, 6) is -0.183. The molecule has 0 saturated carbocycles. The fourth-order valence-electron chi connectivity index (χ4n) is 1.09. The Kier molecular flexibility index (Phi) is 3.20. The minimum atomic E-state index is -3.32. The highest BCUT2D eigenvalue weighted by atomic mass is 32.2. The molecule has 0 aliphatic carbocycles. The summed E-state index contributed by atoms with van der Waals surface area (Å²) in [7, 11) is -6.55. The first-order chi connectivity index (χ1) is 6.68. The van der Waals surface area contributed by atoms with E-state index < -0.39 is 19.7 Å². The predicted octanol–water partition coefficient (Wildman–Crippen LogP) is 0.796. The van der Waals surface area contributed by atoms with Gasteiger partial charge in [0.15, 0.2) is 19.7 Å². The molecule has 0 fully saturated rings. The van der Waals surface area contributed by atoms with E-state index in [0.29, 0.717) is 5.56 Å². The second kappa shape index (κ2) is 3.94. The predicted molar refractivity (Wildman–Crippen MR) is 57.5 cm³/mol. The van der Waals surface area contributed by atoms with Crippen LogP contribution in [0.2, 0.25) is 0 Å². The summed E-state index contributed by atoms with van der Waals surface area (Å²) in [6.45, 7) is 0. The molecule has 0 aliphatic rings. The van der Waals surface area contributed by atoms with E-state index in [0.717, 1.165) is 6.26 Å². The summed E-state index contributed by atoms with van der Waals surface area (Å²) in [5, 5.41) is 0. The molecular weight excluding hydrogens is 236 g/mol. The molecule has 0 aromatic heterocycles. The molecule has 1 aromatic rings. The highest BCUT2D eigenvalue weighted by Crippen LogP contribution is 2.12. The molecule has 83 valence electrons. The maximum Gasteiger partial charge on any atom is 0.175 e. The van der Waals surface area contributed by atoms with E-state index in [2.05, 4.69) is 6.26 Å². The minimum absolute atomic E-state index is 0.174. The van der Waals surface area contributed by atoms with Gasteiger partial charge in [-0.15, -0.1) is 0 Å². The van der Waals surface area contributed by atoms with Crippen LogP contribution in [0.15, 0.2) is 29.2 Å². The summed E-state index contributed by atoms with van der Waals surface area (Å²) in [6, 6.07) is 5.71. The average Bonchev–Trinajstić information content (AvgIpc) is 2.00. The smallest absolute Gasteiger partial charge is 0.175 e. The van der Waals surface area contributed by atoms with Crippen molar-refractivity contribution >= 4 is 19.7 Å². The lowest BCUT2D eigenvalue weighted by Gasteiger charge is -2.01. The molecule has 0 spiro atoms. The van der Waals surface area contributed by atoms with E-state index in [1.54, 1.807) is 0 Å². The first-order valence-electron chi connectivity index (χ1n) is 4.03. The van der Waals surface area contributed by atoms with Crippen LogP contribution in [0.4, 0.5) is 0 Å². The second-order valence-corrected chi connectivity index (χ2v) is 7.10. The lowest BCUT2D eigenvalue weighted by Crippen LogP contribution is -2.00. The van der Waals surface area contributed by atoms with Crippen LogP contribution in [0.25, 0.3) is 0 Å². The Balaban J connectivity index is 3.02. The van der Waals surface area contributed by atoms with Gasteiger partial charge in [0.25, 0.3) is 0 Å². The molecule has 1 radical (unpaired) electrons. The Morgan fingerprint density at radius 3 is 1.87 bits per heavy atom. The number of benzene rings is 1. The molecule has 0 bridgehead atoms. The van der Waals surface area contributed by atoms with Crippen LogP contribution in [0.1, 0.15) is 5.56 Å². The van der Waals surface area contributed by atoms with E-state index in [9.17, 15) is 16.8 Å². The van der Waals surface area contributed by atoms with Crippen molar-refractivity contribution in [1.82, 2.24) is 0 Å². The van der Waals surface area contributed by atoms with Gasteiger partial charge in [0.05, 0.1) is 16.9 Å². The average molecular weight is 247 g/mol. The number of rotatable bonds is 3. The Bertz CT molecular complexity index is 538. The third kappa shape index (κ3) is 4.01. The molecule has 0 aliphatic heterocycles. The van der Waals surface area contributed by atoms with Gasteiger partial charge in [-0.2, -0.15) is 0 Å². The van der Waals surface area contributed by atoms with Crippen LogP contribution in [-0.2, 0) is 25.4 Å². The third-order valence-corrected chi connectivity index (χ3v) is 3.64. The molecule has 0 atom stereocenters. The molecule has 0 saturated heterocycles. The van der Waals surface area contributed by atoms with Crippen molar-refractivity contribution in [3.63, 3.8) is 0 Å². The first kappa shape index (κ1) is 12.2. The zero-order valence-electron chi connectivity index (χ0n) is 8.17. The third-order valence-electron chi connectivity index (χ3n) is 1.74. The molecule has 15 heavy (non-hydrogen) atoms. The number of hydrogen-bond donors (Lipinski definition) is 0. The normalized spacial score (nSPS) is 12.7. The van der Waals surface area contributed by atoms with Gasteiger partial charge in [-0.3, -0.25) is 0 Å². The van der Waals surface area contributed by atoms with Crippen LogP contribution >= 0.6 is 0 Å². The standard InChI is InChI=1S/C9H11O4S2/c1-14(10,11)7-8-3-5-9(6-4-8)15(2,12)13/h3-6H,1,7H2,2H3. The minimum Gasteiger partial charge on any atom is -0.228 e. The lowest BCUT2D eigenvalue weighted by molar-refractivity contribution is 0.601. The highest BCUT2D eigenvalue weighted by molar-refractivity contribution is 7.91. The van der Waals surface area contributed by atoms with E-state index in [-0.39, 0.29) is 10.6 Å². The van der Waals surface area contributed by atoms with Gasteiger partial charge in [-0.05, 0) is 17.7 Å². The maximum atomic E-state index is 11.1. The van der Waals surface area contributed by atoms with E-state index in [4.69, 9.17) is 0 Å². The fourth-order valence-corrected chi connectivity index (χ4v) is 2.42. The van der Waals surface area contributed by atoms with Gasteiger partial charge in [-0.25, -0.2) is 16.8 Å². The van der Waals surface area contributed by atoms with Crippen LogP contribution < -0.4 is 0 Å². The van der Waals surface area contributed by atoms with Crippen molar-refractivity contribution in [2.75, 3.05) is 6.26 Å². The van der Waals surface area contributed by atoms with Crippen molar-refractivity contribution < 1.29 is 16.8 Å². The number of sulfone groups is 2. The summed E-state index contributed by atoms with van der Waals surface area (Å²) < 4.78 is 43.9. The molecule has 4 nitrogen and oxygen atoms in total. The monoisotopic (exact) mass is 247 g/mol. The quantitative estimate of drug-likeness (QED) is 0.792. The van der Waals surface area contributed by atoms with Gasteiger partial charge >= 0.3 is 0 Å². The van der Waals surface area contributed by atoms with Gasteiger partial charge in [-0.1, -0.05) is 12.1 Å². The molecular formula is C9H11O4S2. The molecule has 0 unspecified atom stereocenters. The zero-order chi connectivity index (χ0) is 11.7. The van der Waals surface area contributed by atoms with E-state index in [1.165, 1.54) is 24.3 Å². The molecule has 0 N–H and O–H groups in total. The Morgan fingerprint density at radius 1 is 1.07 bits per heavy atom. The topological polar surface area (TPSA) is 68.3 Å². The van der Waals surface area contributed by atoms with Crippen LogP contribution in [0, 0.1) is 6.26 Å². The molecule has 6 heteroatoms. The van der Waals surface area contributed by atoms with Crippen LogP contribution in [-0.4, -0.2) is 23.1 Å². The SMILES string of the molecule is [CH2]S(=O)(=O)Cc1ccc(S(C)(=O)=O)cc1. The van der Waals surface area contributed by atoms with Crippen LogP contribution in [0.5, 0.6) is 0 Å². The van der Waals surface area contributed by atoms with Crippen molar-refractivity contribution in [3.8, 4) is 0 Å². The maximum absolute atomic E-state index is 11.1. The summed E-state index contributed by atoms with van der Waals surface area (Å²) in [5.41, 5.74) is 0.525. The van der Waals surface area contributed by atoms with E-state index in [1.807, 2.05) is 0 Å². The highest BCUT2D eigenvalue weighted by Gasteiger charge is 2.08. The van der Waals surface area contributed by atoms with Crippen molar-refractivity contribution in [2.24, 2.45) is 0 Å². The Labute approximate surface area is 89.8 Å². The van der Waals surface area contributed by atoms with Gasteiger partial charge in [0.2, 0.25) is 0 Å². The summed E-state index contributed by atoms with van der Waals surface area (Å²) in [6.07, 6.45) is 4.09. The van der Waals surface area contributed by atoms with Crippen molar-refractivity contribution in [1.29, 1.82) is 0 Å². The fraction of sp³-hybridized carbons (Fsp3) is 0.222. The lowest BCUT2D eigenvalue weighted by atomic mass is 10.2. The van der Waals surface area contributed by atoms with Crippen LogP contribution in [0.3, 0.4) is 0 Å². The summed E-state index contributed by atoms with van der Waals surface area (Å²) >= 11 is 0. The number of hydrogen-bond acceptors (Lipinski definition) is 4. The zero-order valence-corrected chi connectivity index (χ0v) is 9.81. The Morgan fingerprint density at radius 2 is 1.53 bits per heavy atom. The molecule has 0 amide bonds. The van der Waals surface area contributed by atoms with E-state index >= 15 is 0 Å². The van der Waals surface area contributed by atoms with Crippen molar-refractivity contribution in [3.05, 3.63) is 36.1 Å². The summed E-state index contributed by atoms with van der Waals surface area (Å²) in [4.78, 5) is 0.174. The van der Waals surface area contributed by atoms with Crippen molar-refractivity contribution in [2.45, 2.75) is 10.6 Å². The molecule has 1 aromatic carbocycles. The van der Waals surface area contributed by atoms with Gasteiger partial charge < -0.3 is 0 Å².